The van der Waals surface area contributed by atoms with E-state index in [9.17, 15) is 9.59 Å². The van der Waals surface area contributed by atoms with Gasteiger partial charge in [-0.3, -0.25) is 9.59 Å². The average Bonchev–Trinajstić information content (AvgIpc) is 2.54. The van der Waals surface area contributed by atoms with Crippen molar-refractivity contribution in [2.24, 2.45) is 23.2 Å². The summed E-state index contributed by atoms with van der Waals surface area (Å²) in [6, 6.07) is 0. The first-order valence-electron chi connectivity index (χ1n) is 11.2. The molecule has 0 heterocycles. The highest BCUT2D eigenvalue weighted by Gasteiger charge is 2.45. The third kappa shape index (κ3) is 7.95. The molecule has 4 unspecified atom stereocenters. The van der Waals surface area contributed by atoms with Crippen molar-refractivity contribution in [2.45, 2.75) is 112 Å². The molecule has 0 radical (unpaired) electrons. The first kappa shape index (κ1) is 29.1. The van der Waals surface area contributed by atoms with Gasteiger partial charge in [-0.2, -0.15) is 0 Å². The van der Waals surface area contributed by atoms with Gasteiger partial charge in [-0.05, 0) is 50.7 Å². The minimum absolute atomic E-state index is 0.0500. The summed E-state index contributed by atoms with van der Waals surface area (Å²) in [6.07, 6.45) is 1.86. The third-order valence-electron chi connectivity index (χ3n) is 6.79. The van der Waals surface area contributed by atoms with Crippen molar-refractivity contribution >= 4 is 20.1 Å². The van der Waals surface area contributed by atoms with Crippen LogP contribution in [0.4, 0.5) is 0 Å². The van der Waals surface area contributed by atoms with Crippen molar-refractivity contribution in [3.8, 4) is 0 Å². The molecule has 0 aliphatic heterocycles. The molecule has 30 heavy (non-hydrogen) atoms. The maximum absolute atomic E-state index is 13.6. The number of carbonyl (C=O) groups is 2. The maximum atomic E-state index is 13.6. The predicted octanol–water partition coefficient (Wildman–Crippen LogP) is 6.80. The molecule has 176 valence electrons. The molecular formula is C25H48O4Si. The lowest BCUT2D eigenvalue weighted by Crippen LogP contribution is -2.50. The van der Waals surface area contributed by atoms with Crippen molar-refractivity contribution in [1.29, 1.82) is 0 Å². The number of hydrogen-bond donors (Lipinski definition) is 0. The van der Waals surface area contributed by atoms with Gasteiger partial charge in [-0.1, -0.05) is 61.5 Å². The van der Waals surface area contributed by atoms with Crippen molar-refractivity contribution in [3.05, 3.63) is 12.7 Å². The molecule has 0 aliphatic rings. The van der Waals surface area contributed by atoms with E-state index in [1.807, 2.05) is 54.5 Å². The highest BCUT2D eigenvalue weighted by atomic mass is 28.4. The highest BCUT2D eigenvalue weighted by molar-refractivity contribution is 6.74. The molecule has 4 nitrogen and oxygen atoms in total. The number of rotatable bonds is 10. The van der Waals surface area contributed by atoms with Gasteiger partial charge in [0.1, 0.15) is 11.4 Å². The zero-order chi connectivity index (χ0) is 24.3. The summed E-state index contributed by atoms with van der Waals surface area (Å²) in [4.78, 5) is 25.9. The van der Waals surface area contributed by atoms with E-state index in [0.29, 0.717) is 0 Å². The van der Waals surface area contributed by atoms with Crippen LogP contribution in [-0.4, -0.2) is 31.8 Å². The fourth-order valence-corrected chi connectivity index (χ4v) is 4.64. The van der Waals surface area contributed by atoms with Gasteiger partial charge in [0.25, 0.3) is 0 Å². The molecule has 0 fully saturated rings. The number of hydrogen-bond acceptors (Lipinski definition) is 4. The van der Waals surface area contributed by atoms with E-state index in [1.165, 1.54) is 0 Å². The van der Waals surface area contributed by atoms with Crippen LogP contribution in [0, 0.1) is 23.2 Å². The molecule has 0 aromatic carbocycles. The smallest absolute Gasteiger partial charge is 0.306 e. The Balaban J connectivity index is 5.63. The largest absolute Gasteiger partial charge is 0.460 e. The third-order valence-corrected chi connectivity index (χ3v) is 11.3. The minimum atomic E-state index is -2.07. The van der Waals surface area contributed by atoms with Gasteiger partial charge in [0.15, 0.2) is 8.32 Å². The summed E-state index contributed by atoms with van der Waals surface area (Å²) in [5.41, 5.74) is -1.20. The van der Waals surface area contributed by atoms with Crippen LogP contribution in [0.15, 0.2) is 12.7 Å². The molecule has 0 aliphatic carbocycles. The number of ether oxygens (including phenoxy) is 1. The topological polar surface area (TPSA) is 52.6 Å². The fourth-order valence-electron chi connectivity index (χ4n) is 3.18. The summed E-state index contributed by atoms with van der Waals surface area (Å²) >= 11 is 0. The summed E-state index contributed by atoms with van der Waals surface area (Å²) in [5, 5.41) is 0.0500. The Hall–Kier alpha value is -0.943. The van der Waals surface area contributed by atoms with Gasteiger partial charge in [0, 0.05) is 17.8 Å². The maximum Gasteiger partial charge on any atom is 0.306 e. The van der Waals surface area contributed by atoms with Crippen molar-refractivity contribution < 1.29 is 18.8 Å². The number of esters is 1. The SMILES string of the molecule is C=CC(C)C(O[Si](C)(C)C(C)(C)C)C(C)C(=O)C(C)(C)C(C)CC(=O)OC(C)(C)C. The van der Waals surface area contributed by atoms with Gasteiger partial charge < -0.3 is 9.16 Å². The van der Waals surface area contributed by atoms with E-state index in [-0.39, 0.29) is 47.1 Å². The van der Waals surface area contributed by atoms with Crippen molar-refractivity contribution in [1.82, 2.24) is 0 Å². The second-order valence-electron chi connectivity index (χ2n) is 12.0. The molecule has 0 aromatic rings. The van der Waals surface area contributed by atoms with Gasteiger partial charge >= 0.3 is 5.97 Å². The predicted molar refractivity (Wildman–Crippen MR) is 129 cm³/mol. The quantitative estimate of drug-likeness (QED) is 0.213. The van der Waals surface area contributed by atoms with E-state index in [1.54, 1.807) is 0 Å². The zero-order valence-electron chi connectivity index (χ0n) is 21.9. The molecule has 0 aromatic heterocycles. The van der Waals surface area contributed by atoms with Gasteiger partial charge in [0.2, 0.25) is 0 Å². The van der Waals surface area contributed by atoms with Gasteiger partial charge in [-0.15, -0.1) is 6.58 Å². The Morgan fingerprint density at radius 2 is 1.43 bits per heavy atom. The molecule has 0 saturated heterocycles. The van der Waals surface area contributed by atoms with Crippen molar-refractivity contribution in [2.75, 3.05) is 0 Å². The normalized spacial score (nSPS) is 17.6. The Morgan fingerprint density at radius 3 is 1.80 bits per heavy atom. The number of carbonyl (C=O) groups excluding carboxylic acids is 2. The van der Waals surface area contributed by atoms with Crippen LogP contribution in [0.5, 0.6) is 0 Å². The van der Waals surface area contributed by atoms with E-state index in [2.05, 4.69) is 47.4 Å². The van der Waals surface area contributed by atoms with Crippen LogP contribution >= 0.6 is 0 Å². The van der Waals surface area contributed by atoms with Crippen LogP contribution in [0.25, 0.3) is 0 Å². The molecule has 4 atom stereocenters. The second-order valence-corrected chi connectivity index (χ2v) is 16.8. The first-order chi connectivity index (χ1) is 13.2. The Labute approximate surface area is 187 Å². The summed E-state index contributed by atoms with van der Waals surface area (Å²) in [6.45, 7) is 30.4. The van der Waals surface area contributed by atoms with E-state index in [4.69, 9.17) is 9.16 Å². The van der Waals surface area contributed by atoms with Crippen LogP contribution in [0.2, 0.25) is 18.1 Å². The van der Waals surface area contributed by atoms with Crippen LogP contribution in [-0.2, 0) is 18.8 Å². The van der Waals surface area contributed by atoms with Crippen LogP contribution in [0.3, 0.4) is 0 Å². The van der Waals surface area contributed by atoms with E-state index < -0.39 is 19.3 Å². The molecule has 0 rings (SSSR count). The lowest BCUT2D eigenvalue weighted by molar-refractivity contribution is -0.157. The Kier molecular flexibility index (Phi) is 9.80. The number of ketones is 1. The Bertz CT molecular complexity index is 608. The van der Waals surface area contributed by atoms with Gasteiger partial charge in [-0.25, -0.2) is 0 Å². The lowest BCUT2D eigenvalue weighted by Gasteiger charge is -2.43. The monoisotopic (exact) mass is 440 g/mol. The first-order valence-corrected chi connectivity index (χ1v) is 14.1. The highest BCUT2D eigenvalue weighted by Crippen LogP contribution is 2.41. The molecule has 0 amide bonds. The average molecular weight is 441 g/mol. The van der Waals surface area contributed by atoms with E-state index >= 15 is 0 Å². The van der Waals surface area contributed by atoms with Crippen LogP contribution in [0.1, 0.15) is 82.6 Å². The second kappa shape index (κ2) is 10.1. The van der Waals surface area contributed by atoms with E-state index in [0.717, 1.165) is 0 Å². The summed E-state index contributed by atoms with van der Waals surface area (Å²) in [7, 11) is -2.07. The lowest BCUT2D eigenvalue weighted by atomic mass is 9.69. The molecular weight excluding hydrogens is 392 g/mol. The molecule has 0 bridgehead atoms. The molecule has 0 N–H and O–H groups in total. The minimum Gasteiger partial charge on any atom is -0.460 e. The van der Waals surface area contributed by atoms with Crippen LogP contribution < -0.4 is 0 Å². The zero-order valence-corrected chi connectivity index (χ0v) is 22.9. The molecule has 0 spiro atoms. The summed E-state index contributed by atoms with van der Waals surface area (Å²) < 4.78 is 12.2. The summed E-state index contributed by atoms with van der Waals surface area (Å²) in [5.74, 6) is -0.541. The number of Topliss-reactive ketones (excluding diaryl/α,β-unsaturated/α-hetero) is 1. The molecule has 0 saturated carbocycles. The fraction of sp³-hybridized carbons (Fsp3) is 0.840. The molecule has 5 heteroatoms. The Morgan fingerprint density at radius 1 is 0.967 bits per heavy atom. The standard InChI is InChI=1S/C25H48O4Si/c1-15-17(2)21(29-30(13,14)24(8,9)10)19(4)22(27)25(11,12)18(3)16-20(26)28-23(5,6)7/h15,17-19,21H,1,16H2,2-14H3. The van der Waals surface area contributed by atoms with Crippen molar-refractivity contribution in [3.63, 3.8) is 0 Å². The van der Waals surface area contributed by atoms with Gasteiger partial charge in [0.05, 0.1) is 6.10 Å².